The number of aliphatic carboxylic acids is 1. The van der Waals surface area contributed by atoms with E-state index in [1.54, 1.807) is 0 Å². The zero-order valence-corrected chi connectivity index (χ0v) is 17.2. The fraction of sp³-hybridized carbons (Fsp3) is 0.870. The summed E-state index contributed by atoms with van der Waals surface area (Å²) < 4.78 is 0. The molecular weight excluding hydrogens is 308 g/mol. The summed E-state index contributed by atoms with van der Waals surface area (Å²) in [5, 5.41) is 9.06. The van der Waals surface area contributed by atoms with Crippen LogP contribution in [0.5, 0.6) is 0 Å². The Kier molecular flexibility index (Phi) is 18.9. The lowest BCUT2D eigenvalue weighted by Crippen LogP contribution is -2.00. The van der Waals surface area contributed by atoms with Crippen LogP contribution in [0.4, 0.5) is 0 Å². The second kappa shape index (κ2) is 19.5. The number of unbranched alkanes of at least 4 members (excludes halogenated alkanes) is 15. The number of hydrogen-bond donors (Lipinski definition) is 1. The number of carbonyl (C=O) groups is 1. The summed E-state index contributed by atoms with van der Waals surface area (Å²) in [6.45, 7) is 4.27. The molecule has 0 unspecified atom stereocenters. The van der Waals surface area contributed by atoms with Crippen molar-refractivity contribution in [1.29, 1.82) is 0 Å². The first-order valence-corrected chi connectivity index (χ1v) is 11.1. The molecule has 0 aliphatic rings. The Bertz CT molecular complexity index is 320. The van der Waals surface area contributed by atoms with E-state index in [0.717, 1.165) is 19.3 Å². The maximum Gasteiger partial charge on any atom is 0.331 e. The summed E-state index contributed by atoms with van der Waals surface area (Å²) in [5.74, 6) is -0.734. The van der Waals surface area contributed by atoms with Crippen molar-refractivity contribution in [3.63, 3.8) is 0 Å². The summed E-state index contributed by atoms with van der Waals surface area (Å²) in [4.78, 5) is 11.0. The minimum atomic E-state index is -0.734. The molecule has 1 N–H and O–H groups in total. The van der Waals surface area contributed by atoms with Gasteiger partial charge in [-0.2, -0.15) is 0 Å². The second-order valence-corrected chi connectivity index (χ2v) is 7.50. The lowest BCUT2D eigenvalue weighted by molar-refractivity contribution is -0.132. The average molecular weight is 353 g/mol. The molecule has 0 saturated carbocycles. The van der Waals surface area contributed by atoms with E-state index in [2.05, 4.69) is 6.92 Å². The van der Waals surface area contributed by atoms with Gasteiger partial charge in [0.15, 0.2) is 0 Å². The fourth-order valence-corrected chi connectivity index (χ4v) is 3.41. The third-order valence-corrected chi connectivity index (χ3v) is 5.02. The SMILES string of the molecule is CCC=C(CCCCCCCCCCCCCCCCCC)C(=O)O. The normalized spacial score (nSPS) is 11.8. The highest BCUT2D eigenvalue weighted by atomic mass is 16.4. The predicted molar refractivity (Wildman–Crippen MR) is 110 cm³/mol. The first-order chi connectivity index (χ1) is 12.2. The first kappa shape index (κ1) is 24.2. The number of carboxylic acid groups (broad SMARTS) is 1. The Morgan fingerprint density at radius 3 is 1.32 bits per heavy atom. The van der Waals surface area contributed by atoms with Crippen molar-refractivity contribution in [2.45, 2.75) is 129 Å². The molecule has 0 atom stereocenters. The van der Waals surface area contributed by atoms with Crippen molar-refractivity contribution in [3.8, 4) is 0 Å². The molecule has 0 fully saturated rings. The van der Waals surface area contributed by atoms with Crippen molar-refractivity contribution in [1.82, 2.24) is 0 Å². The second-order valence-electron chi connectivity index (χ2n) is 7.50. The van der Waals surface area contributed by atoms with Crippen LogP contribution in [0.25, 0.3) is 0 Å². The molecule has 0 amide bonds. The van der Waals surface area contributed by atoms with E-state index in [9.17, 15) is 4.79 Å². The van der Waals surface area contributed by atoms with Crippen LogP contribution in [0.15, 0.2) is 11.6 Å². The van der Waals surface area contributed by atoms with Crippen molar-refractivity contribution in [2.24, 2.45) is 0 Å². The molecule has 0 aromatic rings. The van der Waals surface area contributed by atoms with Gasteiger partial charge in [0.1, 0.15) is 0 Å². The maximum atomic E-state index is 11.0. The van der Waals surface area contributed by atoms with Gasteiger partial charge in [-0.05, 0) is 19.3 Å². The number of hydrogen-bond acceptors (Lipinski definition) is 1. The molecule has 0 heterocycles. The first-order valence-electron chi connectivity index (χ1n) is 11.1. The molecule has 25 heavy (non-hydrogen) atoms. The standard InChI is InChI=1S/C23H44O2/c1-3-5-6-7-8-9-10-11-12-13-14-15-16-17-18-19-21-22(20-4-2)23(24)25/h20H,3-19,21H2,1-2H3,(H,24,25). The third-order valence-electron chi connectivity index (χ3n) is 5.02. The van der Waals surface area contributed by atoms with Gasteiger partial charge in [0, 0.05) is 5.57 Å². The van der Waals surface area contributed by atoms with Crippen LogP contribution in [0.2, 0.25) is 0 Å². The molecule has 0 bridgehead atoms. The van der Waals surface area contributed by atoms with E-state index < -0.39 is 5.97 Å². The Balaban J connectivity index is 3.21. The molecule has 0 aliphatic carbocycles. The largest absolute Gasteiger partial charge is 0.478 e. The van der Waals surface area contributed by atoms with Gasteiger partial charge in [-0.1, -0.05) is 116 Å². The lowest BCUT2D eigenvalue weighted by atomic mass is 10.0. The van der Waals surface area contributed by atoms with E-state index in [1.807, 2.05) is 13.0 Å². The lowest BCUT2D eigenvalue weighted by Gasteiger charge is -2.04. The molecule has 148 valence electrons. The Hall–Kier alpha value is -0.790. The maximum absolute atomic E-state index is 11.0. The van der Waals surface area contributed by atoms with Crippen molar-refractivity contribution < 1.29 is 9.90 Å². The van der Waals surface area contributed by atoms with E-state index >= 15 is 0 Å². The summed E-state index contributed by atoms with van der Waals surface area (Å²) in [5.41, 5.74) is 0.605. The average Bonchev–Trinajstić information content (AvgIpc) is 2.60. The number of rotatable bonds is 19. The van der Waals surface area contributed by atoms with E-state index in [1.165, 1.54) is 96.3 Å². The molecule has 0 spiro atoms. The van der Waals surface area contributed by atoms with Crippen molar-refractivity contribution in [2.75, 3.05) is 0 Å². The monoisotopic (exact) mass is 352 g/mol. The molecule has 0 rings (SSSR count). The molecule has 2 nitrogen and oxygen atoms in total. The Labute approximate surface area is 157 Å². The van der Waals surface area contributed by atoms with Gasteiger partial charge in [-0.25, -0.2) is 4.79 Å². The van der Waals surface area contributed by atoms with Gasteiger partial charge in [0.2, 0.25) is 0 Å². The van der Waals surface area contributed by atoms with Gasteiger partial charge in [0.25, 0.3) is 0 Å². The molecule has 0 aromatic carbocycles. The van der Waals surface area contributed by atoms with Crippen LogP contribution in [-0.4, -0.2) is 11.1 Å². The van der Waals surface area contributed by atoms with E-state index in [0.29, 0.717) is 5.57 Å². The van der Waals surface area contributed by atoms with Gasteiger partial charge in [0.05, 0.1) is 0 Å². The van der Waals surface area contributed by atoms with Crippen molar-refractivity contribution >= 4 is 5.97 Å². The zero-order valence-electron chi connectivity index (χ0n) is 17.2. The minimum absolute atomic E-state index is 0.605. The number of carboxylic acids is 1. The van der Waals surface area contributed by atoms with Crippen LogP contribution in [0, 0.1) is 0 Å². The molecule has 0 aromatic heterocycles. The molecule has 0 saturated heterocycles. The van der Waals surface area contributed by atoms with Gasteiger partial charge < -0.3 is 5.11 Å². The smallest absolute Gasteiger partial charge is 0.331 e. The minimum Gasteiger partial charge on any atom is -0.478 e. The topological polar surface area (TPSA) is 37.3 Å². The summed E-state index contributed by atoms with van der Waals surface area (Å²) in [7, 11) is 0. The Morgan fingerprint density at radius 2 is 1.00 bits per heavy atom. The van der Waals surface area contributed by atoms with Crippen LogP contribution in [0.1, 0.15) is 129 Å². The predicted octanol–water partition coefficient (Wildman–Crippen LogP) is 8.06. The van der Waals surface area contributed by atoms with Crippen LogP contribution in [-0.2, 0) is 4.79 Å². The van der Waals surface area contributed by atoms with Gasteiger partial charge >= 0.3 is 5.97 Å². The van der Waals surface area contributed by atoms with E-state index in [-0.39, 0.29) is 0 Å². The zero-order chi connectivity index (χ0) is 18.6. The molecular formula is C23H44O2. The van der Waals surface area contributed by atoms with Crippen LogP contribution < -0.4 is 0 Å². The summed E-state index contributed by atoms with van der Waals surface area (Å²) in [6.07, 6.45) is 25.1. The van der Waals surface area contributed by atoms with Gasteiger partial charge in [-0.3, -0.25) is 0 Å². The summed E-state index contributed by atoms with van der Waals surface area (Å²) >= 11 is 0. The highest BCUT2D eigenvalue weighted by Gasteiger charge is 2.05. The molecule has 2 heteroatoms. The van der Waals surface area contributed by atoms with E-state index in [4.69, 9.17) is 5.11 Å². The highest BCUT2D eigenvalue weighted by molar-refractivity contribution is 5.86. The van der Waals surface area contributed by atoms with Crippen LogP contribution in [0.3, 0.4) is 0 Å². The number of allylic oxidation sites excluding steroid dienone is 1. The molecule has 0 aliphatic heterocycles. The highest BCUT2D eigenvalue weighted by Crippen LogP contribution is 2.15. The quantitative estimate of drug-likeness (QED) is 0.188. The van der Waals surface area contributed by atoms with Crippen molar-refractivity contribution in [3.05, 3.63) is 11.6 Å². The molecule has 0 radical (unpaired) electrons. The summed E-state index contributed by atoms with van der Waals surface area (Å²) in [6, 6.07) is 0. The van der Waals surface area contributed by atoms with Gasteiger partial charge in [-0.15, -0.1) is 0 Å². The Morgan fingerprint density at radius 1 is 0.640 bits per heavy atom. The fourth-order valence-electron chi connectivity index (χ4n) is 3.41. The van der Waals surface area contributed by atoms with Crippen LogP contribution >= 0.6 is 0 Å². The third kappa shape index (κ3) is 17.8.